The molecule has 1 unspecified atom stereocenters. The van der Waals surface area contributed by atoms with Crippen molar-refractivity contribution >= 4 is 5.91 Å². The predicted octanol–water partition coefficient (Wildman–Crippen LogP) is 4.20. The third-order valence-electron chi connectivity index (χ3n) is 4.06. The van der Waals surface area contributed by atoms with Gasteiger partial charge in [0.25, 0.3) is 0 Å². The summed E-state index contributed by atoms with van der Waals surface area (Å²) >= 11 is 0. The second kappa shape index (κ2) is 7.04. The molecule has 1 amide bonds. The van der Waals surface area contributed by atoms with Gasteiger partial charge in [0.15, 0.2) is 0 Å². The number of hydrogen-bond acceptors (Lipinski definition) is 3. The lowest BCUT2D eigenvalue weighted by Gasteiger charge is -2.41. The van der Waals surface area contributed by atoms with Crippen molar-refractivity contribution in [3.05, 3.63) is 29.3 Å². The Labute approximate surface area is 139 Å². The highest BCUT2D eigenvalue weighted by molar-refractivity contribution is 5.78. The molecule has 4 heteroatoms. The van der Waals surface area contributed by atoms with Gasteiger partial charge in [0.2, 0.25) is 5.91 Å². The average molecular weight is 314 g/mol. The predicted molar refractivity (Wildman–Crippen MR) is 90.1 cm³/mol. The zero-order valence-corrected chi connectivity index (χ0v) is 14.6. The van der Waals surface area contributed by atoms with Gasteiger partial charge >= 0.3 is 0 Å². The smallest absolute Gasteiger partial charge is 0.223 e. The van der Waals surface area contributed by atoms with E-state index in [0.29, 0.717) is 12.0 Å². The molecular weight excluding hydrogens is 288 g/mol. The van der Waals surface area contributed by atoms with Crippen LogP contribution in [0.3, 0.4) is 0 Å². The fourth-order valence-electron chi connectivity index (χ4n) is 3.16. The Morgan fingerprint density at radius 2 is 2.09 bits per heavy atom. The maximum atomic E-state index is 12.1. The molecule has 1 aromatic rings. The normalized spacial score (nSPS) is 21.6. The van der Waals surface area contributed by atoms with Crippen LogP contribution in [0.1, 0.15) is 70.5 Å². The van der Waals surface area contributed by atoms with Gasteiger partial charge in [0.1, 0.15) is 11.4 Å². The van der Waals surface area contributed by atoms with E-state index in [2.05, 4.69) is 19.9 Å². The minimum absolute atomic E-state index is 0.0250. The number of nitrogens with zero attached hydrogens (tertiary/aromatic N) is 2. The summed E-state index contributed by atoms with van der Waals surface area (Å²) in [5.74, 6) is 1.01. The highest BCUT2D eigenvalue weighted by Gasteiger charge is 2.39. The number of benzene rings is 1. The number of carbonyl (C=O) groups excluding carboxylic acids is 1. The Kier molecular flexibility index (Phi) is 5.30. The number of fused-ring (bicyclic) bond motifs is 1. The van der Waals surface area contributed by atoms with Gasteiger partial charge in [-0.25, -0.2) is 0 Å². The van der Waals surface area contributed by atoms with Crippen molar-refractivity contribution < 1.29 is 9.53 Å². The van der Waals surface area contributed by atoms with E-state index in [-0.39, 0.29) is 17.6 Å². The fraction of sp³-hybridized carbons (Fsp3) is 0.579. The summed E-state index contributed by atoms with van der Waals surface area (Å²) in [6.07, 6.45) is 3.57. The molecule has 0 aliphatic carbocycles. The molecule has 2 aliphatic heterocycles. The molecule has 1 aromatic carbocycles. The summed E-state index contributed by atoms with van der Waals surface area (Å²) in [6.45, 7) is 9.14. The molecule has 0 N–H and O–H groups in total. The van der Waals surface area contributed by atoms with Crippen LogP contribution in [0.2, 0.25) is 0 Å². The first-order chi connectivity index (χ1) is 10.9. The molecule has 0 spiro atoms. The maximum Gasteiger partial charge on any atom is 0.223 e. The number of likely N-dealkylation sites (tertiary alicyclic amines) is 1. The zero-order chi connectivity index (χ0) is 17.0. The molecule has 1 saturated heterocycles. The number of carbonyl (C=O) groups is 1. The summed E-state index contributed by atoms with van der Waals surface area (Å²) < 4.78 is 6.00. The molecule has 124 valence electrons. The van der Waals surface area contributed by atoms with Crippen LogP contribution in [0.25, 0.3) is 0 Å². The standard InChI is InChI=1S/C16H18N2O2.C3H8/c1-16(2)9-13(18-7-3-4-15(18)19)12-8-11(10-17)5-6-14(12)20-16;1-3-2/h5-6,8,13H,3-4,7,9H2,1-2H3;3H2,1-2H3. The van der Waals surface area contributed by atoms with Gasteiger partial charge in [-0.2, -0.15) is 5.26 Å². The van der Waals surface area contributed by atoms with Crippen LogP contribution < -0.4 is 4.74 Å². The second-order valence-electron chi connectivity index (χ2n) is 6.84. The number of rotatable bonds is 1. The molecule has 0 saturated carbocycles. The van der Waals surface area contributed by atoms with Crippen molar-refractivity contribution in [2.45, 2.75) is 65.0 Å². The molecule has 2 heterocycles. The lowest BCUT2D eigenvalue weighted by molar-refractivity contribution is -0.131. The van der Waals surface area contributed by atoms with E-state index >= 15 is 0 Å². The van der Waals surface area contributed by atoms with Crippen LogP contribution in [-0.4, -0.2) is 23.0 Å². The van der Waals surface area contributed by atoms with Gasteiger partial charge in [-0.05, 0) is 38.5 Å². The van der Waals surface area contributed by atoms with E-state index in [9.17, 15) is 4.79 Å². The Hall–Kier alpha value is -2.02. The zero-order valence-electron chi connectivity index (χ0n) is 14.6. The minimum Gasteiger partial charge on any atom is -0.487 e. The van der Waals surface area contributed by atoms with Crippen molar-refractivity contribution in [1.29, 1.82) is 5.26 Å². The van der Waals surface area contributed by atoms with E-state index in [1.807, 2.05) is 30.9 Å². The van der Waals surface area contributed by atoms with Gasteiger partial charge in [-0.15, -0.1) is 0 Å². The Bertz CT molecular complexity index is 616. The summed E-state index contributed by atoms with van der Waals surface area (Å²) in [5, 5.41) is 9.07. The molecule has 4 nitrogen and oxygen atoms in total. The van der Waals surface area contributed by atoms with E-state index < -0.39 is 0 Å². The van der Waals surface area contributed by atoms with Crippen molar-refractivity contribution in [3.8, 4) is 11.8 Å². The van der Waals surface area contributed by atoms with Crippen LogP contribution in [0.4, 0.5) is 0 Å². The summed E-state index contributed by atoms with van der Waals surface area (Å²) in [6, 6.07) is 7.66. The van der Waals surface area contributed by atoms with Crippen molar-refractivity contribution in [3.63, 3.8) is 0 Å². The lowest BCUT2D eigenvalue weighted by atomic mass is 9.88. The van der Waals surface area contributed by atoms with Crippen LogP contribution in [0.5, 0.6) is 5.75 Å². The summed E-state index contributed by atoms with van der Waals surface area (Å²) in [5.41, 5.74) is 1.29. The largest absolute Gasteiger partial charge is 0.487 e. The fourth-order valence-corrected chi connectivity index (χ4v) is 3.16. The lowest BCUT2D eigenvalue weighted by Crippen LogP contribution is -2.42. The topological polar surface area (TPSA) is 53.3 Å². The molecule has 1 atom stereocenters. The number of nitriles is 1. The first-order valence-corrected chi connectivity index (χ1v) is 8.44. The molecule has 23 heavy (non-hydrogen) atoms. The van der Waals surface area contributed by atoms with Crippen molar-refractivity contribution in [1.82, 2.24) is 4.90 Å². The van der Waals surface area contributed by atoms with E-state index in [1.165, 1.54) is 6.42 Å². The number of hydrogen-bond donors (Lipinski definition) is 0. The first kappa shape index (κ1) is 17.3. The Morgan fingerprint density at radius 3 is 2.65 bits per heavy atom. The van der Waals surface area contributed by atoms with Crippen LogP contribution in [-0.2, 0) is 4.79 Å². The number of ether oxygens (including phenoxy) is 1. The third kappa shape index (κ3) is 3.85. The van der Waals surface area contributed by atoms with Crippen LogP contribution >= 0.6 is 0 Å². The van der Waals surface area contributed by atoms with Gasteiger partial charge < -0.3 is 9.64 Å². The highest BCUT2D eigenvalue weighted by atomic mass is 16.5. The second-order valence-corrected chi connectivity index (χ2v) is 6.84. The first-order valence-electron chi connectivity index (χ1n) is 8.44. The summed E-state index contributed by atoms with van der Waals surface area (Å²) in [7, 11) is 0. The quantitative estimate of drug-likeness (QED) is 0.780. The van der Waals surface area contributed by atoms with Crippen molar-refractivity contribution in [2.75, 3.05) is 6.54 Å². The molecule has 0 bridgehead atoms. The van der Waals surface area contributed by atoms with Gasteiger partial charge in [-0.1, -0.05) is 20.3 Å². The monoisotopic (exact) mass is 314 g/mol. The SMILES string of the molecule is CC1(C)CC(N2CCCC2=O)c2cc(C#N)ccc2O1.CCC. The average Bonchev–Trinajstić information content (AvgIpc) is 2.92. The third-order valence-corrected chi connectivity index (χ3v) is 4.06. The van der Waals surface area contributed by atoms with Gasteiger partial charge in [0.05, 0.1) is 17.7 Å². The highest BCUT2D eigenvalue weighted by Crippen LogP contribution is 2.44. The molecule has 1 fully saturated rings. The molecule has 2 aliphatic rings. The van der Waals surface area contributed by atoms with Crippen molar-refractivity contribution in [2.24, 2.45) is 0 Å². The van der Waals surface area contributed by atoms with E-state index in [0.717, 1.165) is 30.7 Å². The number of amides is 1. The van der Waals surface area contributed by atoms with Gasteiger partial charge in [-0.3, -0.25) is 4.79 Å². The van der Waals surface area contributed by atoms with E-state index in [4.69, 9.17) is 10.00 Å². The van der Waals surface area contributed by atoms with Crippen LogP contribution in [0.15, 0.2) is 18.2 Å². The Morgan fingerprint density at radius 1 is 1.39 bits per heavy atom. The van der Waals surface area contributed by atoms with Crippen LogP contribution in [0, 0.1) is 11.3 Å². The van der Waals surface area contributed by atoms with E-state index in [1.54, 1.807) is 6.07 Å². The molecule has 3 rings (SSSR count). The summed E-state index contributed by atoms with van der Waals surface area (Å²) in [4.78, 5) is 14.0. The Balaban J connectivity index is 0.000000595. The molecular formula is C19H26N2O2. The molecule has 0 aromatic heterocycles. The van der Waals surface area contributed by atoms with Gasteiger partial charge in [0, 0.05) is 24.9 Å². The maximum absolute atomic E-state index is 12.1. The molecule has 0 radical (unpaired) electrons. The minimum atomic E-state index is -0.297.